The zero-order chi connectivity index (χ0) is 16.8. The van der Waals surface area contributed by atoms with Gasteiger partial charge in [-0.25, -0.2) is 0 Å². The predicted octanol–water partition coefficient (Wildman–Crippen LogP) is 2.31. The first-order valence-electron chi connectivity index (χ1n) is 6.44. The van der Waals surface area contributed by atoms with Crippen molar-refractivity contribution < 1.29 is 15.0 Å². The van der Waals surface area contributed by atoms with Gasteiger partial charge in [-0.1, -0.05) is 30.3 Å². The number of hydrazone groups is 1. The molecule has 0 spiro atoms. The topological polar surface area (TPSA) is 131 Å². The summed E-state index contributed by atoms with van der Waals surface area (Å²) in [7, 11) is 0. The first kappa shape index (κ1) is 16.0. The number of aliphatic hydroxyl groups is 1. The molecule has 0 saturated heterocycles. The lowest BCUT2D eigenvalue weighted by Gasteiger charge is -2.06. The Morgan fingerprint density at radius 3 is 2.35 bits per heavy atom. The lowest BCUT2D eigenvalue weighted by Crippen LogP contribution is -2.09. The summed E-state index contributed by atoms with van der Waals surface area (Å²) in [5, 5.41) is 35.0. The Balaban J connectivity index is 2.33. The molecule has 0 bridgehead atoms. The van der Waals surface area contributed by atoms with Gasteiger partial charge in [0, 0.05) is 11.6 Å². The van der Waals surface area contributed by atoms with Crippen molar-refractivity contribution in [2.45, 2.75) is 0 Å². The maximum absolute atomic E-state index is 11.0. The highest BCUT2D eigenvalue weighted by Gasteiger charge is 2.19. The van der Waals surface area contributed by atoms with Crippen LogP contribution in [-0.2, 0) is 0 Å². The number of nitrogens with one attached hydrogen (secondary N) is 1. The van der Waals surface area contributed by atoms with E-state index >= 15 is 0 Å². The Labute approximate surface area is 130 Å². The standard InChI is InChI=1S/C14H12N4O5/c19-9-13(10-4-2-1-3-5-10)16-15-12-7-6-11(17(20)21)8-14(12)18(22)23/h1-8,15,19H,9H2. The number of anilines is 1. The van der Waals surface area contributed by atoms with E-state index in [0.717, 1.165) is 12.1 Å². The Kier molecular flexibility index (Phi) is 4.95. The molecule has 2 rings (SSSR count). The number of hydrogen-bond acceptors (Lipinski definition) is 7. The van der Waals surface area contributed by atoms with Gasteiger partial charge in [0.15, 0.2) is 0 Å². The summed E-state index contributed by atoms with van der Waals surface area (Å²) in [4.78, 5) is 20.2. The smallest absolute Gasteiger partial charge is 0.301 e. The SMILES string of the molecule is O=[N+]([O-])c1ccc(NN=C(CO)c2ccccc2)c([N+](=O)[O-])c1. The van der Waals surface area contributed by atoms with Crippen LogP contribution in [0.4, 0.5) is 17.1 Å². The highest BCUT2D eigenvalue weighted by Crippen LogP contribution is 2.28. The number of nitro groups is 2. The van der Waals surface area contributed by atoms with E-state index in [-0.39, 0.29) is 18.0 Å². The van der Waals surface area contributed by atoms with E-state index in [1.807, 2.05) is 0 Å². The molecule has 0 unspecified atom stereocenters. The molecule has 0 saturated carbocycles. The third-order valence-corrected chi connectivity index (χ3v) is 2.96. The molecule has 118 valence electrons. The van der Waals surface area contributed by atoms with Crippen molar-refractivity contribution in [3.05, 3.63) is 74.3 Å². The maximum Gasteiger partial charge on any atom is 0.301 e. The van der Waals surface area contributed by atoms with E-state index in [4.69, 9.17) is 0 Å². The Hall–Kier alpha value is -3.33. The average Bonchev–Trinajstić information content (AvgIpc) is 2.56. The molecule has 0 amide bonds. The lowest BCUT2D eigenvalue weighted by molar-refractivity contribution is -0.393. The number of benzene rings is 2. The normalized spacial score (nSPS) is 11.1. The Bertz CT molecular complexity index is 761. The van der Waals surface area contributed by atoms with Gasteiger partial charge in [0.1, 0.15) is 5.69 Å². The number of aliphatic hydroxyl groups excluding tert-OH is 1. The van der Waals surface area contributed by atoms with Crippen molar-refractivity contribution >= 4 is 22.8 Å². The van der Waals surface area contributed by atoms with E-state index in [1.165, 1.54) is 6.07 Å². The third-order valence-electron chi connectivity index (χ3n) is 2.96. The second-order valence-electron chi connectivity index (χ2n) is 4.41. The van der Waals surface area contributed by atoms with Gasteiger partial charge in [0.05, 0.1) is 28.2 Å². The second kappa shape index (κ2) is 7.09. The van der Waals surface area contributed by atoms with Gasteiger partial charge < -0.3 is 5.11 Å². The van der Waals surface area contributed by atoms with Crippen LogP contribution in [0.25, 0.3) is 0 Å². The van der Waals surface area contributed by atoms with Crippen molar-refractivity contribution in [2.24, 2.45) is 5.10 Å². The average molecular weight is 316 g/mol. The van der Waals surface area contributed by atoms with Crippen molar-refractivity contribution in [3.8, 4) is 0 Å². The quantitative estimate of drug-likeness (QED) is 0.477. The molecule has 0 atom stereocenters. The van der Waals surface area contributed by atoms with Crippen LogP contribution in [-0.4, -0.2) is 27.3 Å². The van der Waals surface area contributed by atoms with E-state index < -0.39 is 21.2 Å². The van der Waals surface area contributed by atoms with Crippen LogP contribution in [0.1, 0.15) is 5.56 Å². The summed E-state index contributed by atoms with van der Waals surface area (Å²) in [6.07, 6.45) is 0. The zero-order valence-corrected chi connectivity index (χ0v) is 11.7. The van der Waals surface area contributed by atoms with E-state index in [2.05, 4.69) is 10.5 Å². The summed E-state index contributed by atoms with van der Waals surface area (Å²) < 4.78 is 0. The molecule has 0 aliphatic heterocycles. The summed E-state index contributed by atoms with van der Waals surface area (Å²) in [5.41, 5.74) is 2.51. The first-order chi connectivity index (χ1) is 11.0. The number of hydrogen-bond donors (Lipinski definition) is 2. The van der Waals surface area contributed by atoms with Gasteiger partial charge in [0.2, 0.25) is 0 Å². The number of rotatable bonds is 6. The van der Waals surface area contributed by atoms with Gasteiger partial charge >= 0.3 is 5.69 Å². The van der Waals surface area contributed by atoms with E-state index in [1.54, 1.807) is 30.3 Å². The largest absolute Gasteiger partial charge is 0.390 e. The number of nitrogens with zero attached hydrogens (tertiary/aromatic N) is 3. The van der Waals surface area contributed by atoms with Crippen LogP contribution >= 0.6 is 0 Å². The molecule has 9 heteroatoms. The minimum absolute atomic E-state index is 0.0116. The molecule has 0 aliphatic rings. The van der Waals surface area contributed by atoms with Crippen molar-refractivity contribution in [2.75, 3.05) is 12.0 Å². The zero-order valence-electron chi connectivity index (χ0n) is 11.7. The number of non-ortho nitro benzene ring substituents is 1. The van der Waals surface area contributed by atoms with Gasteiger partial charge in [-0.3, -0.25) is 25.7 Å². The van der Waals surface area contributed by atoms with Crippen LogP contribution in [0.2, 0.25) is 0 Å². The van der Waals surface area contributed by atoms with Gasteiger partial charge in [0.25, 0.3) is 5.69 Å². The van der Waals surface area contributed by atoms with Crippen LogP contribution < -0.4 is 5.43 Å². The molecular formula is C14H12N4O5. The van der Waals surface area contributed by atoms with Gasteiger partial charge in [-0.15, -0.1) is 0 Å². The molecule has 0 radical (unpaired) electrons. The van der Waals surface area contributed by atoms with E-state index in [9.17, 15) is 25.3 Å². The van der Waals surface area contributed by atoms with E-state index in [0.29, 0.717) is 5.56 Å². The Morgan fingerprint density at radius 1 is 1.09 bits per heavy atom. The molecular weight excluding hydrogens is 304 g/mol. The third kappa shape index (κ3) is 3.86. The molecule has 0 aliphatic carbocycles. The maximum atomic E-state index is 11.0. The predicted molar refractivity (Wildman–Crippen MR) is 83.4 cm³/mol. The Morgan fingerprint density at radius 2 is 1.78 bits per heavy atom. The van der Waals surface area contributed by atoms with Gasteiger partial charge in [-0.2, -0.15) is 5.10 Å². The minimum Gasteiger partial charge on any atom is -0.390 e. The molecule has 23 heavy (non-hydrogen) atoms. The lowest BCUT2D eigenvalue weighted by atomic mass is 10.1. The minimum atomic E-state index is -0.744. The number of nitro benzene ring substituents is 2. The first-order valence-corrected chi connectivity index (χ1v) is 6.44. The van der Waals surface area contributed by atoms with Crippen molar-refractivity contribution in [3.63, 3.8) is 0 Å². The molecule has 0 aromatic heterocycles. The molecule has 2 aromatic carbocycles. The fourth-order valence-electron chi connectivity index (χ4n) is 1.83. The second-order valence-corrected chi connectivity index (χ2v) is 4.41. The highest BCUT2D eigenvalue weighted by molar-refractivity contribution is 6.01. The molecule has 0 fully saturated rings. The van der Waals surface area contributed by atoms with Gasteiger partial charge in [-0.05, 0) is 6.07 Å². The van der Waals surface area contributed by atoms with Crippen molar-refractivity contribution in [1.82, 2.24) is 0 Å². The fourth-order valence-corrected chi connectivity index (χ4v) is 1.83. The van der Waals surface area contributed by atoms with Crippen LogP contribution in [0.3, 0.4) is 0 Å². The van der Waals surface area contributed by atoms with Crippen LogP contribution in [0.5, 0.6) is 0 Å². The summed E-state index contributed by atoms with van der Waals surface area (Å²) >= 11 is 0. The molecule has 2 aromatic rings. The summed E-state index contributed by atoms with van der Waals surface area (Å²) in [6, 6.07) is 11.9. The summed E-state index contributed by atoms with van der Waals surface area (Å²) in [5.74, 6) is 0. The highest BCUT2D eigenvalue weighted by atomic mass is 16.6. The van der Waals surface area contributed by atoms with Crippen molar-refractivity contribution in [1.29, 1.82) is 0 Å². The fraction of sp³-hybridized carbons (Fsp3) is 0.0714. The van der Waals surface area contributed by atoms with Crippen LogP contribution in [0, 0.1) is 20.2 Å². The molecule has 9 nitrogen and oxygen atoms in total. The monoisotopic (exact) mass is 316 g/mol. The summed E-state index contributed by atoms with van der Waals surface area (Å²) in [6.45, 7) is -0.377. The molecule has 0 heterocycles. The molecule has 2 N–H and O–H groups in total. The van der Waals surface area contributed by atoms with Crippen LogP contribution in [0.15, 0.2) is 53.6 Å².